The van der Waals surface area contributed by atoms with Crippen LogP contribution in [-0.2, 0) is 9.53 Å². The molecule has 0 radical (unpaired) electrons. The first-order valence-electron chi connectivity index (χ1n) is 6.33. The minimum absolute atomic E-state index is 0.0793. The van der Waals surface area contributed by atoms with E-state index >= 15 is 0 Å². The maximum absolute atomic E-state index is 11.4. The average Bonchev–Trinajstić information content (AvgIpc) is 2.37. The molecule has 20 heavy (non-hydrogen) atoms. The predicted octanol–water partition coefficient (Wildman–Crippen LogP) is 1.41. The van der Waals surface area contributed by atoms with Crippen LogP contribution in [0, 0.1) is 5.41 Å². The van der Waals surface area contributed by atoms with E-state index in [0.717, 1.165) is 18.2 Å². The summed E-state index contributed by atoms with van der Waals surface area (Å²) in [6.45, 7) is 4.19. The Balaban J connectivity index is 2.28. The van der Waals surface area contributed by atoms with Crippen LogP contribution in [0.2, 0.25) is 0 Å². The van der Waals surface area contributed by atoms with Crippen molar-refractivity contribution in [1.29, 1.82) is 0 Å². The third-order valence-electron chi connectivity index (χ3n) is 3.88. The molecule has 1 aliphatic rings. The van der Waals surface area contributed by atoms with Gasteiger partial charge in [-0.3, -0.25) is 9.59 Å². The lowest BCUT2D eigenvalue weighted by atomic mass is 9.64. The Kier molecular flexibility index (Phi) is 4.19. The molecule has 6 nitrogen and oxygen atoms in total. The van der Waals surface area contributed by atoms with Crippen LogP contribution in [0.15, 0.2) is 22.2 Å². The van der Waals surface area contributed by atoms with Gasteiger partial charge in [0.25, 0.3) is 5.56 Å². The van der Waals surface area contributed by atoms with Crippen molar-refractivity contribution in [2.75, 3.05) is 12.9 Å². The van der Waals surface area contributed by atoms with Gasteiger partial charge in [0.1, 0.15) is 0 Å². The molecular formula is C13H18N2O4S. The van der Waals surface area contributed by atoms with Crippen molar-refractivity contribution < 1.29 is 14.6 Å². The van der Waals surface area contributed by atoms with E-state index in [1.165, 1.54) is 6.07 Å². The second-order valence-electron chi connectivity index (χ2n) is 5.44. The summed E-state index contributed by atoms with van der Waals surface area (Å²) in [6, 6.07) is 1.55. The number of thioether (sulfide) groups is 1. The molecule has 0 aromatic carbocycles. The molecule has 1 aromatic heterocycles. The zero-order valence-corrected chi connectivity index (χ0v) is 12.5. The van der Waals surface area contributed by atoms with Gasteiger partial charge in [0.2, 0.25) is 0 Å². The maximum Gasteiger partial charge on any atom is 0.313 e. The minimum atomic E-state index is -0.928. The first kappa shape index (κ1) is 15.1. The largest absolute Gasteiger partial charge is 0.481 e. The Hall–Kier alpha value is -1.34. The van der Waals surface area contributed by atoms with Crippen LogP contribution < -0.4 is 5.56 Å². The van der Waals surface area contributed by atoms with E-state index in [1.807, 2.05) is 4.57 Å². The Morgan fingerprint density at radius 1 is 1.65 bits per heavy atom. The van der Waals surface area contributed by atoms with Gasteiger partial charge in [-0.1, -0.05) is 25.6 Å². The highest BCUT2D eigenvalue weighted by atomic mass is 32.2. The van der Waals surface area contributed by atoms with Crippen molar-refractivity contribution in [3.05, 3.63) is 22.6 Å². The molecule has 7 heteroatoms. The molecule has 0 aliphatic heterocycles. The highest BCUT2D eigenvalue weighted by Gasteiger charge is 2.50. The molecule has 1 heterocycles. The van der Waals surface area contributed by atoms with Crippen LogP contribution >= 0.6 is 11.8 Å². The number of rotatable bonds is 5. The molecule has 0 bridgehead atoms. The zero-order chi connectivity index (χ0) is 14.9. The summed E-state index contributed by atoms with van der Waals surface area (Å²) < 4.78 is 7.31. The van der Waals surface area contributed by atoms with E-state index in [-0.39, 0.29) is 28.9 Å². The van der Waals surface area contributed by atoms with Crippen molar-refractivity contribution in [3.63, 3.8) is 0 Å². The number of nitrogens with zero attached hydrogens (tertiary/aromatic N) is 2. The van der Waals surface area contributed by atoms with E-state index in [1.54, 1.807) is 13.3 Å². The third-order valence-corrected chi connectivity index (χ3v) is 4.83. The number of hydrogen-bond acceptors (Lipinski definition) is 5. The molecule has 0 spiro atoms. The van der Waals surface area contributed by atoms with Crippen molar-refractivity contribution in [1.82, 2.24) is 9.55 Å². The maximum atomic E-state index is 11.4. The van der Waals surface area contributed by atoms with E-state index in [0.29, 0.717) is 5.16 Å². The lowest BCUT2D eigenvalue weighted by Crippen LogP contribution is -2.51. The van der Waals surface area contributed by atoms with E-state index < -0.39 is 5.97 Å². The van der Waals surface area contributed by atoms with Crippen LogP contribution in [0.4, 0.5) is 0 Å². The Labute approximate surface area is 121 Å². The van der Waals surface area contributed by atoms with Gasteiger partial charge in [-0.25, -0.2) is 0 Å². The Morgan fingerprint density at radius 3 is 2.90 bits per heavy atom. The quantitative estimate of drug-likeness (QED) is 0.654. The lowest BCUT2D eigenvalue weighted by molar-refractivity contribution is -0.133. The molecule has 0 saturated heterocycles. The van der Waals surface area contributed by atoms with E-state index in [9.17, 15) is 9.59 Å². The van der Waals surface area contributed by atoms with Gasteiger partial charge in [-0.2, -0.15) is 4.98 Å². The number of carbonyl (C=O) groups is 1. The summed E-state index contributed by atoms with van der Waals surface area (Å²) >= 11 is 1.07. The summed E-state index contributed by atoms with van der Waals surface area (Å²) in [6.07, 6.45) is 2.68. The first-order chi connectivity index (χ1) is 9.36. The van der Waals surface area contributed by atoms with Crippen LogP contribution in [0.5, 0.6) is 0 Å². The molecule has 2 unspecified atom stereocenters. The second kappa shape index (κ2) is 5.57. The van der Waals surface area contributed by atoms with Crippen molar-refractivity contribution in [2.45, 2.75) is 37.6 Å². The molecular weight excluding hydrogens is 280 g/mol. The minimum Gasteiger partial charge on any atom is -0.481 e. The second-order valence-corrected chi connectivity index (χ2v) is 6.38. The van der Waals surface area contributed by atoms with E-state index in [2.05, 4.69) is 18.8 Å². The van der Waals surface area contributed by atoms with E-state index in [4.69, 9.17) is 9.84 Å². The van der Waals surface area contributed by atoms with Gasteiger partial charge in [0, 0.05) is 30.8 Å². The Bertz CT molecular complexity index is 570. The number of hydrogen-bond donors (Lipinski definition) is 1. The number of methoxy groups -OCH3 is 1. The molecule has 110 valence electrons. The first-order valence-corrected chi connectivity index (χ1v) is 7.31. The van der Waals surface area contributed by atoms with Crippen molar-refractivity contribution >= 4 is 17.7 Å². The number of aromatic nitrogens is 2. The standard InChI is InChI=1S/C13H18N2O4S/c1-13(2)8(6-9(13)19-3)15-5-4-10(16)14-12(15)20-7-11(17)18/h4-5,8-9H,6-7H2,1-3H3,(H,17,18). The molecule has 0 amide bonds. The molecule has 1 N–H and O–H groups in total. The highest BCUT2D eigenvalue weighted by molar-refractivity contribution is 7.99. The fraction of sp³-hybridized carbons (Fsp3) is 0.615. The zero-order valence-electron chi connectivity index (χ0n) is 11.7. The van der Waals surface area contributed by atoms with Gasteiger partial charge in [-0.15, -0.1) is 0 Å². The summed E-state index contributed by atoms with van der Waals surface area (Å²) in [5, 5.41) is 9.22. The summed E-state index contributed by atoms with van der Waals surface area (Å²) in [7, 11) is 1.69. The number of carboxylic acids is 1. The summed E-state index contributed by atoms with van der Waals surface area (Å²) in [4.78, 5) is 26.0. The topological polar surface area (TPSA) is 81.4 Å². The van der Waals surface area contributed by atoms with Crippen LogP contribution in [-0.4, -0.2) is 39.6 Å². The van der Waals surface area contributed by atoms with Crippen LogP contribution in [0.25, 0.3) is 0 Å². The fourth-order valence-electron chi connectivity index (χ4n) is 2.60. The monoisotopic (exact) mass is 298 g/mol. The van der Waals surface area contributed by atoms with Gasteiger partial charge < -0.3 is 14.4 Å². The predicted molar refractivity (Wildman–Crippen MR) is 75.1 cm³/mol. The molecule has 2 atom stereocenters. The van der Waals surface area contributed by atoms with Gasteiger partial charge >= 0.3 is 5.97 Å². The highest BCUT2D eigenvalue weighted by Crippen LogP contribution is 2.51. The molecule has 1 saturated carbocycles. The fourth-order valence-corrected chi connectivity index (χ4v) is 3.35. The number of aliphatic carboxylic acids is 1. The summed E-state index contributed by atoms with van der Waals surface area (Å²) in [5.41, 5.74) is -0.432. The lowest BCUT2D eigenvalue weighted by Gasteiger charge is -2.52. The van der Waals surface area contributed by atoms with Crippen LogP contribution in [0.3, 0.4) is 0 Å². The van der Waals surface area contributed by atoms with Crippen LogP contribution in [0.1, 0.15) is 26.3 Å². The Morgan fingerprint density at radius 2 is 2.35 bits per heavy atom. The molecule has 1 fully saturated rings. The van der Waals surface area contributed by atoms with Crippen molar-refractivity contribution in [2.24, 2.45) is 5.41 Å². The molecule has 2 rings (SSSR count). The smallest absolute Gasteiger partial charge is 0.313 e. The normalized spacial score (nSPS) is 24.1. The molecule has 1 aromatic rings. The molecule has 1 aliphatic carbocycles. The SMILES string of the molecule is COC1CC(n2ccc(=O)nc2SCC(=O)O)C1(C)C. The van der Waals surface area contributed by atoms with Gasteiger partial charge in [0.15, 0.2) is 5.16 Å². The number of carboxylic acid groups (broad SMARTS) is 1. The van der Waals surface area contributed by atoms with Gasteiger partial charge in [-0.05, 0) is 6.42 Å². The number of ether oxygens (including phenoxy) is 1. The summed E-state index contributed by atoms with van der Waals surface area (Å²) in [5.74, 6) is -1.04. The van der Waals surface area contributed by atoms with Crippen molar-refractivity contribution in [3.8, 4) is 0 Å². The third kappa shape index (κ3) is 2.73. The van der Waals surface area contributed by atoms with Gasteiger partial charge in [0.05, 0.1) is 11.9 Å². The average molecular weight is 298 g/mol.